The number of aromatic nitrogens is 1. The highest BCUT2D eigenvalue weighted by atomic mass is 32.2. The number of allylic oxidation sites excluding steroid dienone is 1. The molecule has 0 saturated carbocycles. The maximum Gasteiger partial charge on any atom is 0.256 e. The quantitative estimate of drug-likeness (QED) is 0.0259. The first-order valence-electron chi connectivity index (χ1n) is 17.9. The van der Waals surface area contributed by atoms with Gasteiger partial charge in [-0.05, 0) is 43.0 Å². The number of nitrogens with one attached hydrogen (secondary N) is 2. The molecule has 1 aliphatic rings. The standard InChI is InChI=1S/C42H47N3O7S/c1-3-30(27-46)21-20-29(2)36-26-35(28-53-42-44-39(31-14-8-6-9-15-31)40(52-42)32-16-10-7-11-17-32)50-41(51-36)33-22-24-34(25-23-33)43-37(47)18-12-4-5-13-19-38(48)45-49/h3,6-11,14-17,20-25,35-36,41,46,49H,2,4-5,12-13,18-19,26-28H2,1H3,(H,43,47)(H,45,48)/b21-20-,30-3+/t35-,36+,41+/m1/s1. The minimum atomic E-state index is -0.689. The van der Waals surface area contributed by atoms with Gasteiger partial charge in [0.1, 0.15) is 5.69 Å². The van der Waals surface area contributed by atoms with E-state index in [1.54, 1.807) is 5.48 Å². The van der Waals surface area contributed by atoms with E-state index >= 15 is 0 Å². The number of benzene rings is 3. The fourth-order valence-electron chi connectivity index (χ4n) is 5.80. The Bertz CT molecular complexity index is 1780. The number of nitrogens with zero attached hydrogens (tertiary/aromatic N) is 1. The first-order chi connectivity index (χ1) is 25.9. The van der Waals surface area contributed by atoms with Crippen LogP contribution in [0.1, 0.15) is 63.7 Å². The summed E-state index contributed by atoms with van der Waals surface area (Å²) in [7, 11) is 0. The highest BCUT2D eigenvalue weighted by Gasteiger charge is 2.33. The number of aliphatic hydroxyl groups is 1. The van der Waals surface area contributed by atoms with E-state index in [0.29, 0.717) is 48.1 Å². The molecule has 0 bridgehead atoms. The third-order valence-electron chi connectivity index (χ3n) is 8.79. The van der Waals surface area contributed by atoms with Crippen LogP contribution in [0.4, 0.5) is 5.69 Å². The van der Waals surface area contributed by atoms with Crippen molar-refractivity contribution in [3.8, 4) is 22.6 Å². The summed E-state index contributed by atoms with van der Waals surface area (Å²) in [6.45, 7) is 6.09. The number of oxazole rings is 1. The Balaban J connectivity index is 1.25. The summed E-state index contributed by atoms with van der Waals surface area (Å²) in [5.41, 5.74) is 7.32. The predicted octanol–water partition coefficient (Wildman–Crippen LogP) is 8.81. The van der Waals surface area contributed by atoms with Crippen molar-refractivity contribution in [3.63, 3.8) is 0 Å². The molecule has 1 fully saturated rings. The minimum absolute atomic E-state index is 0.0721. The lowest BCUT2D eigenvalue weighted by Gasteiger charge is -2.36. The summed E-state index contributed by atoms with van der Waals surface area (Å²) in [5, 5.41) is 21.7. The van der Waals surface area contributed by atoms with E-state index in [4.69, 9.17) is 24.1 Å². The molecule has 11 heteroatoms. The molecular weight excluding hydrogens is 691 g/mol. The zero-order chi connectivity index (χ0) is 37.4. The van der Waals surface area contributed by atoms with Gasteiger partial charge in [-0.25, -0.2) is 10.5 Å². The van der Waals surface area contributed by atoms with Crippen LogP contribution in [0.15, 0.2) is 131 Å². The highest BCUT2D eigenvalue weighted by molar-refractivity contribution is 7.99. The van der Waals surface area contributed by atoms with Crippen LogP contribution in [0, 0.1) is 0 Å². The number of carbonyl (C=O) groups excluding carboxylic acids is 2. The van der Waals surface area contributed by atoms with Gasteiger partial charge in [-0.15, -0.1) is 0 Å². The van der Waals surface area contributed by atoms with Crippen LogP contribution >= 0.6 is 11.8 Å². The number of ether oxygens (including phenoxy) is 2. The van der Waals surface area contributed by atoms with Crippen LogP contribution in [0.5, 0.6) is 0 Å². The lowest BCUT2D eigenvalue weighted by molar-refractivity contribution is -0.232. The number of rotatable bonds is 18. The summed E-state index contributed by atoms with van der Waals surface area (Å²) in [6.07, 6.45) is 8.46. The smallest absolute Gasteiger partial charge is 0.256 e. The summed E-state index contributed by atoms with van der Waals surface area (Å²) < 4.78 is 19.3. The lowest BCUT2D eigenvalue weighted by atomic mass is 10.0. The first kappa shape index (κ1) is 39.4. The number of unbranched alkanes of at least 4 members (excludes halogenated alkanes) is 3. The Labute approximate surface area is 315 Å². The third kappa shape index (κ3) is 11.9. The molecule has 4 N–H and O–H groups in total. The molecule has 0 aliphatic carbocycles. The Morgan fingerprint density at radius 1 is 0.887 bits per heavy atom. The minimum Gasteiger partial charge on any atom is -0.431 e. The van der Waals surface area contributed by atoms with Gasteiger partial charge in [0.05, 0.1) is 18.8 Å². The molecule has 53 heavy (non-hydrogen) atoms. The SMILES string of the molecule is C=C(/C=C\C(=C/C)CO)[C@@H]1C[C@H](CSc2nc(-c3ccccc3)c(-c3ccccc3)o2)O[C@H](c2ccc(NC(=O)CCCCCCC(=O)NO)cc2)O1. The van der Waals surface area contributed by atoms with Crippen molar-refractivity contribution >= 4 is 29.3 Å². The molecular formula is C42H47N3O7S. The summed E-state index contributed by atoms with van der Waals surface area (Å²) in [5.74, 6) is 0.777. The number of anilines is 1. The molecule has 4 aromatic rings. The normalized spacial score (nSPS) is 17.5. The van der Waals surface area contributed by atoms with Crippen molar-refractivity contribution in [2.75, 3.05) is 17.7 Å². The predicted molar refractivity (Wildman–Crippen MR) is 207 cm³/mol. The van der Waals surface area contributed by atoms with Gasteiger partial charge in [0.2, 0.25) is 11.8 Å². The van der Waals surface area contributed by atoms with Crippen molar-refractivity contribution < 1.29 is 33.8 Å². The van der Waals surface area contributed by atoms with Gasteiger partial charge >= 0.3 is 0 Å². The van der Waals surface area contributed by atoms with E-state index in [1.807, 2.05) is 110 Å². The molecule has 0 radical (unpaired) electrons. The van der Waals surface area contributed by atoms with E-state index in [0.717, 1.165) is 46.4 Å². The third-order valence-corrected chi connectivity index (χ3v) is 9.75. The topological polar surface area (TPSA) is 143 Å². The number of amides is 2. The van der Waals surface area contributed by atoms with Gasteiger partial charge in [0.25, 0.3) is 5.22 Å². The van der Waals surface area contributed by atoms with Crippen LogP contribution in [0.25, 0.3) is 22.6 Å². The van der Waals surface area contributed by atoms with Crippen LogP contribution < -0.4 is 10.8 Å². The van der Waals surface area contributed by atoms with E-state index < -0.39 is 12.2 Å². The van der Waals surface area contributed by atoms with E-state index in [1.165, 1.54) is 11.8 Å². The van der Waals surface area contributed by atoms with Crippen LogP contribution in [-0.2, 0) is 19.1 Å². The van der Waals surface area contributed by atoms with E-state index in [-0.39, 0.29) is 31.1 Å². The number of hydroxylamine groups is 1. The Morgan fingerprint density at radius 3 is 2.19 bits per heavy atom. The molecule has 2 heterocycles. The second kappa shape index (κ2) is 20.5. The molecule has 3 atom stereocenters. The Kier molecular flexibility index (Phi) is 15.2. The molecule has 10 nitrogen and oxygen atoms in total. The summed E-state index contributed by atoms with van der Waals surface area (Å²) in [4.78, 5) is 28.6. The highest BCUT2D eigenvalue weighted by Crippen LogP contribution is 2.38. The number of aliphatic hydroxyl groups excluding tert-OH is 1. The molecule has 3 aromatic carbocycles. The zero-order valence-electron chi connectivity index (χ0n) is 29.9. The van der Waals surface area contributed by atoms with Crippen LogP contribution in [-0.4, -0.2) is 51.7 Å². The zero-order valence-corrected chi connectivity index (χ0v) is 30.7. The van der Waals surface area contributed by atoms with Crippen LogP contribution in [0.2, 0.25) is 0 Å². The van der Waals surface area contributed by atoms with E-state index in [2.05, 4.69) is 11.9 Å². The van der Waals surface area contributed by atoms with Gasteiger partial charge in [-0.1, -0.05) is 122 Å². The van der Waals surface area contributed by atoms with Crippen molar-refractivity contribution in [3.05, 3.63) is 126 Å². The Hall–Kier alpha value is -4.78. The fraction of sp³-hybridized carbons (Fsp3) is 0.310. The average Bonchev–Trinajstić information content (AvgIpc) is 3.64. The fourth-order valence-corrected chi connectivity index (χ4v) is 6.64. The molecule has 278 valence electrons. The molecule has 5 rings (SSSR count). The lowest BCUT2D eigenvalue weighted by Crippen LogP contribution is -2.35. The largest absolute Gasteiger partial charge is 0.431 e. The number of carbonyl (C=O) groups is 2. The molecule has 2 amide bonds. The van der Waals surface area contributed by atoms with Crippen LogP contribution in [0.3, 0.4) is 0 Å². The molecule has 0 spiro atoms. The molecule has 0 unspecified atom stereocenters. The Morgan fingerprint density at radius 2 is 1.55 bits per heavy atom. The van der Waals surface area contributed by atoms with Gasteiger partial charge < -0.3 is 24.3 Å². The van der Waals surface area contributed by atoms with Crippen molar-refractivity contribution in [1.29, 1.82) is 0 Å². The van der Waals surface area contributed by atoms with E-state index in [9.17, 15) is 14.7 Å². The molecule has 1 aromatic heterocycles. The van der Waals surface area contributed by atoms with Crippen molar-refractivity contribution in [2.24, 2.45) is 0 Å². The summed E-state index contributed by atoms with van der Waals surface area (Å²) in [6, 6.07) is 27.4. The monoisotopic (exact) mass is 737 g/mol. The van der Waals surface area contributed by atoms with Gasteiger partial charge in [-0.3, -0.25) is 14.8 Å². The average molecular weight is 738 g/mol. The maximum absolute atomic E-state index is 12.6. The first-order valence-corrected chi connectivity index (χ1v) is 18.9. The molecule has 1 saturated heterocycles. The molecule has 1 aliphatic heterocycles. The number of hydrogen-bond acceptors (Lipinski definition) is 9. The van der Waals surface area contributed by atoms with Gasteiger partial charge in [0.15, 0.2) is 12.1 Å². The second-order valence-corrected chi connectivity index (χ2v) is 13.7. The van der Waals surface area contributed by atoms with Gasteiger partial charge in [-0.2, -0.15) is 0 Å². The van der Waals surface area contributed by atoms with Gasteiger partial charge in [0, 0.05) is 47.4 Å². The number of hydrogen-bond donors (Lipinski definition) is 4. The summed E-state index contributed by atoms with van der Waals surface area (Å²) >= 11 is 1.49. The van der Waals surface area contributed by atoms with Crippen molar-refractivity contribution in [1.82, 2.24) is 10.5 Å². The maximum atomic E-state index is 12.6. The number of thioether (sulfide) groups is 1. The van der Waals surface area contributed by atoms with Crippen molar-refractivity contribution in [2.45, 2.75) is 75.6 Å². The second-order valence-electron chi connectivity index (χ2n) is 12.7.